The van der Waals surface area contributed by atoms with E-state index in [1.165, 1.54) is 34.0 Å². The van der Waals surface area contributed by atoms with E-state index in [0.717, 1.165) is 12.6 Å². The lowest BCUT2D eigenvalue weighted by molar-refractivity contribution is 0.0923. The predicted molar refractivity (Wildman–Crippen MR) is 147 cm³/mol. The molecular weight excluding hydrogens is 423 g/mol. The van der Waals surface area contributed by atoms with E-state index in [1.54, 1.807) is 0 Å². The summed E-state index contributed by atoms with van der Waals surface area (Å²) >= 11 is 0. The van der Waals surface area contributed by atoms with Crippen LogP contribution in [0.4, 0.5) is 0 Å². The highest BCUT2D eigenvalue weighted by molar-refractivity contribution is 7.95. The van der Waals surface area contributed by atoms with E-state index in [1.807, 2.05) is 0 Å². The molecule has 3 aromatic rings. The lowest BCUT2D eigenvalue weighted by atomic mass is 10.1. The minimum atomic E-state index is -1.81. The van der Waals surface area contributed by atoms with Crippen LogP contribution in [-0.4, -0.2) is 20.1 Å². The zero-order valence-corrected chi connectivity index (χ0v) is 22.4. The van der Waals surface area contributed by atoms with Gasteiger partial charge in [0.25, 0.3) is 0 Å². The Morgan fingerprint density at radius 3 is 1.28 bits per heavy atom. The fraction of sp³-hybridized carbons (Fsp3) is 0.379. The molecule has 1 nitrogen and oxygen atoms in total. The van der Waals surface area contributed by atoms with E-state index in [4.69, 9.17) is 4.43 Å². The van der Waals surface area contributed by atoms with Gasteiger partial charge in [0.2, 0.25) is 0 Å². The van der Waals surface area contributed by atoms with Gasteiger partial charge in [-0.1, -0.05) is 75.4 Å². The van der Waals surface area contributed by atoms with Crippen molar-refractivity contribution in [1.82, 2.24) is 0 Å². The number of hydrogen-bond acceptors (Lipinski definition) is 1. The summed E-state index contributed by atoms with van der Waals surface area (Å²) in [5.74, 6) is 0. The van der Waals surface area contributed by atoms with E-state index in [2.05, 4.69) is 126 Å². The van der Waals surface area contributed by atoms with Crippen LogP contribution in [0.1, 0.15) is 41.0 Å². The summed E-state index contributed by atoms with van der Waals surface area (Å²) in [4.78, 5) is 0. The fourth-order valence-corrected chi connectivity index (χ4v) is 12.7. The quantitative estimate of drug-likeness (QED) is 0.216. The second kappa shape index (κ2) is 10.9. The minimum absolute atomic E-state index is 0.127. The van der Waals surface area contributed by atoms with Crippen LogP contribution in [0, 0.1) is 0 Å². The molecule has 0 atom stereocenters. The third-order valence-electron chi connectivity index (χ3n) is 7.07. The Labute approximate surface area is 197 Å². The first kappa shape index (κ1) is 24.9. The van der Waals surface area contributed by atoms with Crippen molar-refractivity contribution in [3.63, 3.8) is 0 Å². The maximum absolute atomic E-state index is 7.03. The second-order valence-corrected chi connectivity index (χ2v) is 17.7. The summed E-state index contributed by atoms with van der Waals surface area (Å²) in [5, 5.41) is 4.37. The molecule has 3 heteroatoms. The SMILES string of the molecule is CC[Si](CC)(CC)OC(C)(C)CC[P+](c1ccccc1)(c1ccccc1)c1ccccc1. The van der Waals surface area contributed by atoms with Crippen molar-refractivity contribution in [3.05, 3.63) is 91.0 Å². The molecule has 0 spiro atoms. The smallest absolute Gasteiger partial charge is 0.192 e. The van der Waals surface area contributed by atoms with Crippen LogP contribution in [0.2, 0.25) is 18.1 Å². The van der Waals surface area contributed by atoms with Crippen molar-refractivity contribution in [1.29, 1.82) is 0 Å². The van der Waals surface area contributed by atoms with Crippen molar-refractivity contribution in [2.24, 2.45) is 0 Å². The molecule has 0 amide bonds. The van der Waals surface area contributed by atoms with Crippen LogP contribution in [0.5, 0.6) is 0 Å². The molecular formula is C29H40OPSi+. The van der Waals surface area contributed by atoms with Crippen LogP contribution < -0.4 is 15.9 Å². The molecule has 0 fully saturated rings. The Morgan fingerprint density at radius 1 is 0.625 bits per heavy atom. The normalized spacial score (nSPS) is 12.7. The van der Waals surface area contributed by atoms with Gasteiger partial charge >= 0.3 is 0 Å². The van der Waals surface area contributed by atoms with Gasteiger partial charge in [-0.25, -0.2) is 0 Å². The van der Waals surface area contributed by atoms with Crippen LogP contribution in [0.25, 0.3) is 0 Å². The Balaban J connectivity index is 2.08. The van der Waals surface area contributed by atoms with Gasteiger partial charge in [0, 0.05) is 6.42 Å². The molecule has 0 saturated carbocycles. The molecule has 0 N–H and O–H groups in total. The van der Waals surface area contributed by atoms with Crippen LogP contribution in [-0.2, 0) is 4.43 Å². The van der Waals surface area contributed by atoms with Crippen LogP contribution in [0.15, 0.2) is 91.0 Å². The number of rotatable bonds is 11. The van der Waals surface area contributed by atoms with Crippen molar-refractivity contribution in [3.8, 4) is 0 Å². The molecule has 0 saturated heterocycles. The molecule has 0 aliphatic heterocycles. The van der Waals surface area contributed by atoms with E-state index >= 15 is 0 Å². The lowest BCUT2D eigenvalue weighted by Gasteiger charge is -2.39. The molecule has 170 valence electrons. The minimum Gasteiger partial charge on any atom is -0.412 e. The summed E-state index contributed by atoms with van der Waals surface area (Å²) in [6, 6.07) is 37.2. The first-order valence-corrected chi connectivity index (χ1v) is 16.7. The van der Waals surface area contributed by atoms with Crippen LogP contribution in [0.3, 0.4) is 0 Å². The van der Waals surface area contributed by atoms with E-state index in [0.29, 0.717) is 0 Å². The Bertz CT molecular complexity index is 832. The Hall–Kier alpha value is -1.73. The van der Waals surface area contributed by atoms with Gasteiger partial charge < -0.3 is 4.43 Å². The standard InChI is InChI=1S/C29H40OPSi/c1-6-32(7-2,8-3)30-29(4,5)24-25-31(26-18-12-9-13-19-26,27-20-14-10-15-21-27)28-22-16-11-17-23-28/h9-23H,6-8,24-25H2,1-5H3/q+1. The van der Waals surface area contributed by atoms with Crippen LogP contribution >= 0.6 is 7.26 Å². The molecule has 0 aliphatic rings. The van der Waals surface area contributed by atoms with Crippen molar-refractivity contribution < 1.29 is 4.43 Å². The highest BCUT2D eigenvalue weighted by atomic mass is 31.2. The first-order chi connectivity index (χ1) is 15.4. The zero-order valence-electron chi connectivity index (χ0n) is 20.6. The molecule has 0 heterocycles. The molecule has 32 heavy (non-hydrogen) atoms. The number of hydrogen-bond donors (Lipinski definition) is 0. The van der Waals surface area contributed by atoms with E-state index in [-0.39, 0.29) is 5.60 Å². The summed E-state index contributed by atoms with van der Waals surface area (Å²) < 4.78 is 7.03. The maximum Gasteiger partial charge on any atom is 0.192 e. The third-order valence-corrected chi connectivity index (χ3v) is 16.4. The van der Waals surface area contributed by atoms with Gasteiger partial charge in [0.05, 0.1) is 11.8 Å². The highest BCUT2D eigenvalue weighted by Gasteiger charge is 2.47. The highest BCUT2D eigenvalue weighted by Crippen LogP contribution is 2.56. The van der Waals surface area contributed by atoms with Crippen molar-refractivity contribution in [2.75, 3.05) is 6.16 Å². The second-order valence-electron chi connectivity index (χ2n) is 9.40. The Kier molecular flexibility index (Phi) is 8.50. The molecule has 0 radical (unpaired) electrons. The average Bonchev–Trinajstić information content (AvgIpc) is 2.85. The molecule has 3 rings (SSSR count). The van der Waals surface area contributed by atoms with Crippen molar-refractivity contribution in [2.45, 2.75) is 64.8 Å². The van der Waals surface area contributed by atoms with Gasteiger partial charge in [0.15, 0.2) is 8.32 Å². The summed E-state index contributed by atoms with van der Waals surface area (Å²) in [6.45, 7) is 11.6. The van der Waals surface area contributed by atoms with Crippen molar-refractivity contribution >= 4 is 31.5 Å². The summed E-state index contributed by atoms with van der Waals surface area (Å²) in [5.41, 5.74) is -0.127. The molecule has 0 aliphatic carbocycles. The third kappa shape index (κ3) is 5.42. The summed E-state index contributed by atoms with van der Waals surface area (Å²) in [7, 11) is -3.48. The van der Waals surface area contributed by atoms with E-state index < -0.39 is 15.6 Å². The Morgan fingerprint density at radius 2 is 0.969 bits per heavy atom. The molecule has 0 bridgehead atoms. The lowest BCUT2D eigenvalue weighted by Crippen LogP contribution is -2.45. The van der Waals surface area contributed by atoms with Gasteiger partial charge in [0.1, 0.15) is 23.2 Å². The van der Waals surface area contributed by atoms with Gasteiger partial charge in [-0.3, -0.25) is 0 Å². The largest absolute Gasteiger partial charge is 0.412 e. The van der Waals surface area contributed by atoms with Gasteiger partial charge in [-0.05, 0) is 68.4 Å². The predicted octanol–water partition coefficient (Wildman–Crippen LogP) is 7.17. The molecule has 0 aromatic heterocycles. The van der Waals surface area contributed by atoms with Gasteiger partial charge in [-0.2, -0.15) is 0 Å². The average molecular weight is 464 g/mol. The zero-order chi connectivity index (χ0) is 23.1. The van der Waals surface area contributed by atoms with Gasteiger partial charge in [-0.15, -0.1) is 0 Å². The monoisotopic (exact) mass is 463 g/mol. The summed E-state index contributed by atoms with van der Waals surface area (Å²) in [6.07, 6.45) is 2.16. The fourth-order valence-electron chi connectivity index (χ4n) is 4.92. The molecule has 0 unspecified atom stereocenters. The van der Waals surface area contributed by atoms with E-state index in [9.17, 15) is 0 Å². The first-order valence-electron chi connectivity index (χ1n) is 12.2. The topological polar surface area (TPSA) is 9.23 Å². The molecule has 3 aromatic carbocycles. The number of benzene rings is 3. The maximum atomic E-state index is 7.03.